The summed E-state index contributed by atoms with van der Waals surface area (Å²) in [5.41, 5.74) is 0.304. The average Bonchev–Trinajstić information content (AvgIpc) is 3.18. The predicted octanol–water partition coefficient (Wildman–Crippen LogP) is 4.39. The van der Waals surface area contributed by atoms with Gasteiger partial charge in [0.2, 0.25) is 5.90 Å². The molecule has 5 nitrogen and oxygen atoms in total. The van der Waals surface area contributed by atoms with Gasteiger partial charge in [-0.2, -0.15) is 8.42 Å². The third-order valence-electron chi connectivity index (χ3n) is 4.38. The van der Waals surface area contributed by atoms with Crippen molar-refractivity contribution in [1.82, 2.24) is 0 Å². The predicted molar refractivity (Wildman–Crippen MR) is 102 cm³/mol. The van der Waals surface area contributed by atoms with Crippen molar-refractivity contribution in [2.75, 3.05) is 6.61 Å². The largest absolute Gasteiger partial charge is 0.475 e. The van der Waals surface area contributed by atoms with E-state index in [-0.39, 0.29) is 28.7 Å². The molecule has 3 aromatic carbocycles. The Morgan fingerprint density at radius 3 is 2.27 bits per heavy atom. The van der Waals surface area contributed by atoms with Crippen LogP contribution in [-0.2, 0) is 14.9 Å². The zero-order valence-electron chi connectivity index (χ0n) is 15.3. The molecule has 1 aliphatic heterocycles. The van der Waals surface area contributed by atoms with Crippen LogP contribution in [0.4, 0.5) is 13.2 Å². The summed E-state index contributed by atoms with van der Waals surface area (Å²) >= 11 is 0. The van der Waals surface area contributed by atoms with Crippen LogP contribution < -0.4 is 4.18 Å². The van der Waals surface area contributed by atoms with Gasteiger partial charge in [0.15, 0.2) is 0 Å². The Morgan fingerprint density at radius 2 is 1.60 bits per heavy atom. The third kappa shape index (κ3) is 4.02. The number of hydrogen-bond donors (Lipinski definition) is 0. The Bertz CT molecular complexity index is 1210. The lowest BCUT2D eigenvalue weighted by Gasteiger charge is -2.09. The molecule has 1 unspecified atom stereocenters. The van der Waals surface area contributed by atoms with Crippen LogP contribution in [0.1, 0.15) is 17.2 Å². The monoisotopic (exact) mass is 433 g/mol. The van der Waals surface area contributed by atoms with Gasteiger partial charge in [-0.3, -0.25) is 0 Å². The summed E-state index contributed by atoms with van der Waals surface area (Å²) in [4.78, 5) is 3.92. The SMILES string of the molecule is O=S(=O)(Oc1ccc(C2COC(c3c(F)cccc3F)=N2)cc1)c1cccc(F)c1. The van der Waals surface area contributed by atoms with Gasteiger partial charge in [-0.05, 0) is 48.0 Å². The van der Waals surface area contributed by atoms with Crippen LogP contribution in [0.2, 0.25) is 0 Å². The molecule has 3 aromatic rings. The summed E-state index contributed by atoms with van der Waals surface area (Å²) in [6.07, 6.45) is 0. The Labute approximate surface area is 170 Å². The first-order valence-corrected chi connectivity index (χ1v) is 10.2. The number of nitrogens with zero attached hydrogens (tertiary/aromatic N) is 1. The highest BCUT2D eigenvalue weighted by atomic mass is 32.2. The van der Waals surface area contributed by atoms with Crippen molar-refractivity contribution in [2.24, 2.45) is 4.99 Å². The highest BCUT2D eigenvalue weighted by molar-refractivity contribution is 7.87. The van der Waals surface area contributed by atoms with Crippen molar-refractivity contribution >= 4 is 16.0 Å². The van der Waals surface area contributed by atoms with Crippen molar-refractivity contribution in [1.29, 1.82) is 0 Å². The van der Waals surface area contributed by atoms with E-state index in [4.69, 9.17) is 8.92 Å². The Hall–Kier alpha value is -3.33. The van der Waals surface area contributed by atoms with E-state index in [0.29, 0.717) is 5.56 Å². The first-order valence-electron chi connectivity index (χ1n) is 8.78. The van der Waals surface area contributed by atoms with Gasteiger partial charge in [0.05, 0.1) is 0 Å². The van der Waals surface area contributed by atoms with Crippen LogP contribution in [-0.4, -0.2) is 20.9 Å². The molecule has 1 heterocycles. The fourth-order valence-electron chi connectivity index (χ4n) is 2.93. The number of aliphatic imine (C=N–C) groups is 1. The maximum absolute atomic E-state index is 13.9. The first-order chi connectivity index (χ1) is 14.3. The van der Waals surface area contributed by atoms with Crippen molar-refractivity contribution in [3.8, 4) is 5.75 Å². The lowest BCUT2D eigenvalue weighted by atomic mass is 10.1. The minimum absolute atomic E-state index is 0.0197. The van der Waals surface area contributed by atoms with Crippen LogP contribution in [0.25, 0.3) is 0 Å². The number of ether oxygens (including phenoxy) is 1. The summed E-state index contributed by atoms with van der Waals surface area (Å²) in [6.45, 7) is 0.0743. The molecule has 0 aromatic heterocycles. The molecule has 154 valence electrons. The standard InChI is InChI=1S/C21H14F3NO4S/c22-14-3-1-4-16(11-14)30(26,27)29-15-9-7-13(8-10-15)19-12-28-21(25-19)20-17(23)5-2-6-18(20)24/h1-11,19H,12H2. The molecule has 1 aliphatic rings. The minimum Gasteiger partial charge on any atom is -0.475 e. The van der Waals surface area contributed by atoms with Gasteiger partial charge in [0.1, 0.15) is 46.3 Å². The normalized spacial score (nSPS) is 16.1. The average molecular weight is 433 g/mol. The van der Waals surface area contributed by atoms with E-state index in [1.807, 2.05) is 0 Å². The molecule has 1 atom stereocenters. The van der Waals surface area contributed by atoms with E-state index >= 15 is 0 Å². The van der Waals surface area contributed by atoms with Gasteiger partial charge >= 0.3 is 10.1 Å². The maximum Gasteiger partial charge on any atom is 0.339 e. The molecule has 30 heavy (non-hydrogen) atoms. The third-order valence-corrected chi connectivity index (χ3v) is 5.63. The number of rotatable bonds is 5. The molecule has 0 N–H and O–H groups in total. The summed E-state index contributed by atoms with van der Waals surface area (Å²) in [5, 5.41) is 0. The molecule has 4 rings (SSSR count). The quantitative estimate of drug-likeness (QED) is 0.560. The lowest BCUT2D eigenvalue weighted by Crippen LogP contribution is -2.10. The van der Waals surface area contributed by atoms with Gasteiger partial charge in [-0.15, -0.1) is 0 Å². The molecule has 0 fully saturated rings. The fraction of sp³-hybridized carbons (Fsp3) is 0.0952. The number of hydrogen-bond acceptors (Lipinski definition) is 5. The van der Waals surface area contributed by atoms with Gasteiger partial charge in [0.25, 0.3) is 0 Å². The van der Waals surface area contributed by atoms with Gasteiger partial charge in [-0.1, -0.05) is 24.3 Å². The number of benzene rings is 3. The van der Waals surface area contributed by atoms with E-state index < -0.39 is 33.6 Å². The van der Waals surface area contributed by atoms with Crippen LogP contribution in [0.15, 0.2) is 76.6 Å². The summed E-state index contributed by atoms with van der Waals surface area (Å²) in [7, 11) is -4.20. The Morgan fingerprint density at radius 1 is 0.933 bits per heavy atom. The second-order valence-corrected chi connectivity index (χ2v) is 7.97. The zero-order valence-corrected chi connectivity index (χ0v) is 16.1. The van der Waals surface area contributed by atoms with Crippen LogP contribution in [0, 0.1) is 17.5 Å². The summed E-state index contributed by atoms with van der Waals surface area (Å²) in [5.74, 6) is -2.37. The van der Waals surface area contributed by atoms with E-state index in [2.05, 4.69) is 4.99 Å². The lowest BCUT2D eigenvalue weighted by molar-refractivity contribution is 0.317. The van der Waals surface area contributed by atoms with Crippen molar-refractivity contribution < 1.29 is 30.5 Å². The van der Waals surface area contributed by atoms with Crippen LogP contribution in [0.3, 0.4) is 0 Å². The topological polar surface area (TPSA) is 65.0 Å². The van der Waals surface area contributed by atoms with E-state index in [1.165, 1.54) is 30.3 Å². The summed E-state index contributed by atoms with van der Waals surface area (Å²) in [6, 6.07) is 13.4. The van der Waals surface area contributed by atoms with Crippen LogP contribution >= 0.6 is 0 Å². The zero-order chi connectivity index (χ0) is 21.3. The molecular weight excluding hydrogens is 419 g/mol. The molecule has 0 saturated heterocycles. The summed E-state index contributed by atoms with van der Waals surface area (Å²) < 4.78 is 76.0. The van der Waals surface area contributed by atoms with Crippen molar-refractivity contribution in [2.45, 2.75) is 10.9 Å². The van der Waals surface area contributed by atoms with E-state index in [0.717, 1.165) is 24.3 Å². The fourth-order valence-corrected chi connectivity index (χ4v) is 3.89. The molecule has 0 aliphatic carbocycles. The molecule has 0 radical (unpaired) electrons. The molecule has 9 heteroatoms. The minimum atomic E-state index is -4.20. The molecule has 0 amide bonds. The highest BCUT2D eigenvalue weighted by Gasteiger charge is 2.26. The van der Waals surface area contributed by atoms with Crippen molar-refractivity contribution in [3.05, 3.63) is 95.3 Å². The van der Waals surface area contributed by atoms with Crippen molar-refractivity contribution in [3.63, 3.8) is 0 Å². The van der Waals surface area contributed by atoms with Gasteiger partial charge in [-0.25, -0.2) is 18.2 Å². The van der Waals surface area contributed by atoms with Gasteiger partial charge < -0.3 is 8.92 Å². The second-order valence-electron chi connectivity index (χ2n) is 6.42. The van der Waals surface area contributed by atoms with Crippen LogP contribution in [0.5, 0.6) is 5.75 Å². The second kappa shape index (κ2) is 7.83. The maximum atomic E-state index is 13.9. The molecular formula is C21H14F3NO4S. The van der Waals surface area contributed by atoms with E-state index in [9.17, 15) is 21.6 Å². The smallest absolute Gasteiger partial charge is 0.339 e. The highest BCUT2D eigenvalue weighted by Crippen LogP contribution is 2.29. The molecule has 0 saturated carbocycles. The Balaban J connectivity index is 1.52. The number of halogens is 3. The molecule has 0 bridgehead atoms. The molecule has 0 spiro atoms. The first kappa shape index (κ1) is 20.0. The Kier molecular flexibility index (Phi) is 5.21. The van der Waals surface area contributed by atoms with Gasteiger partial charge in [0, 0.05) is 0 Å². The van der Waals surface area contributed by atoms with E-state index in [1.54, 1.807) is 12.1 Å².